The Balaban J connectivity index is 2.02. The molecule has 0 atom stereocenters. The number of hydrogen-bond donors (Lipinski definition) is 1. The van der Waals surface area contributed by atoms with Crippen molar-refractivity contribution in [3.05, 3.63) is 0 Å². The van der Waals surface area contributed by atoms with Crippen LogP contribution in [0.25, 0.3) is 0 Å². The number of hydrogen-bond acceptors (Lipinski definition) is 2. The van der Waals surface area contributed by atoms with Crippen molar-refractivity contribution in [1.29, 1.82) is 0 Å². The summed E-state index contributed by atoms with van der Waals surface area (Å²) in [4.78, 5) is 13.5. The highest BCUT2D eigenvalue weighted by Gasteiger charge is 2.16. The summed E-state index contributed by atoms with van der Waals surface area (Å²) in [7, 11) is 2.17. The number of nitrogens with zero attached hydrogens (tertiary/aromatic N) is 1. The van der Waals surface area contributed by atoms with Gasteiger partial charge in [-0.15, -0.1) is 11.6 Å². The lowest BCUT2D eigenvalue weighted by atomic mass is 9.94. The molecule has 0 bridgehead atoms. The summed E-state index contributed by atoms with van der Waals surface area (Å²) in [6.07, 6.45) is 4.08. The maximum atomic E-state index is 11.1. The van der Waals surface area contributed by atoms with Crippen LogP contribution in [0.4, 0.5) is 0 Å². The van der Waals surface area contributed by atoms with Gasteiger partial charge in [-0.05, 0) is 45.3 Å². The van der Waals surface area contributed by atoms with Gasteiger partial charge in [0, 0.05) is 18.8 Å². The molecule has 0 saturated carbocycles. The van der Waals surface area contributed by atoms with Gasteiger partial charge in [0.2, 0.25) is 5.91 Å². The first-order valence-electron chi connectivity index (χ1n) is 5.73. The van der Waals surface area contributed by atoms with Crippen LogP contribution in [-0.2, 0) is 4.79 Å². The van der Waals surface area contributed by atoms with E-state index in [9.17, 15) is 4.79 Å². The number of carbonyl (C=O) groups is 1. The van der Waals surface area contributed by atoms with E-state index in [1.807, 2.05) is 0 Å². The molecule has 0 aliphatic carbocycles. The molecule has 4 heteroatoms. The van der Waals surface area contributed by atoms with Crippen LogP contribution in [0.15, 0.2) is 0 Å². The van der Waals surface area contributed by atoms with Crippen LogP contribution in [0.1, 0.15) is 25.7 Å². The Kier molecular flexibility index (Phi) is 6.03. The smallest absolute Gasteiger partial charge is 0.221 e. The third-order valence-corrected chi connectivity index (χ3v) is 3.22. The van der Waals surface area contributed by atoms with E-state index in [2.05, 4.69) is 17.3 Å². The van der Waals surface area contributed by atoms with E-state index in [4.69, 9.17) is 11.6 Å². The van der Waals surface area contributed by atoms with Crippen LogP contribution in [0, 0.1) is 5.92 Å². The number of likely N-dealkylation sites (tertiary alicyclic amines) is 1. The molecule has 1 rings (SSSR count). The fourth-order valence-corrected chi connectivity index (χ4v) is 2.11. The normalized spacial score (nSPS) is 19.1. The van der Waals surface area contributed by atoms with Crippen LogP contribution < -0.4 is 5.32 Å². The molecule has 0 aromatic heterocycles. The second-order valence-corrected chi connectivity index (χ2v) is 4.70. The maximum absolute atomic E-state index is 11.1. The zero-order valence-electron chi connectivity index (χ0n) is 9.47. The van der Waals surface area contributed by atoms with Gasteiger partial charge >= 0.3 is 0 Å². The summed E-state index contributed by atoms with van der Waals surface area (Å²) in [6.45, 7) is 3.20. The van der Waals surface area contributed by atoms with Crippen molar-refractivity contribution in [3.8, 4) is 0 Å². The zero-order chi connectivity index (χ0) is 11.1. The van der Waals surface area contributed by atoms with Crippen molar-refractivity contribution < 1.29 is 4.79 Å². The standard InChI is InChI=1S/C11H21ClN2O/c1-14-8-4-10(5-9-14)3-7-13-11(15)2-6-12/h10H,2-9H2,1H3,(H,13,15). The number of alkyl halides is 1. The minimum atomic E-state index is 0.0814. The summed E-state index contributed by atoms with van der Waals surface area (Å²) < 4.78 is 0. The largest absolute Gasteiger partial charge is 0.356 e. The van der Waals surface area contributed by atoms with Gasteiger partial charge in [-0.2, -0.15) is 0 Å². The predicted molar refractivity (Wildman–Crippen MR) is 63.2 cm³/mol. The number of nitrogens with one attached hydrogen (secondary N) is 1. The highest BCUT2D eigenvalue weighted by molar-refractivity contribution is 6.18. The summed E-state index contributed by atoms with van der Waals surface area (Å²) in [5.41, 5.74) is 0. The van der Waals surface area contributed by atoms with Gasteiger partial charge in [0.05, 0.1) is 0 Å². The van der Waals surface area contributed by atoms with Crippen LogP contribution in [-0.4, -0.2) is 43.4 Å². The van der Waals surface area contributed by atoms with Gasteiger partial charge < -0.3 is 10.2 Å². The van der Waals surface area contributed by atoms with Gasteiger partial charge in [0.1, 0.15) is 0 Å². The van der Waals surface area contributed by atoms with Crippen LogP contribution in [0.2, 0.25) is 0 Å². The molecule has 0 spiro atoms. The monoisotopic (exact) mass is 232 g/mol. The number of amides is 1. The summed E-state index contributed by atoms with van der Waals surface area (Å²) in [5.74, 6) is 1.29. The molecule has 1 heterocycles. The fraction of sp³-hybridized carbons (Fsp3) is 0.909. The lowest BCUT2D eigenvalue weighted by Gasteiger charge is -2.28. The van der Waals surface area contributed by atoms with Crippen molar-refractivity contribution >= 4 is 17.5 Å². The summed E-state index contributed by atoms with van der Waals surface area (Å²) in [5, 5.41) is 2.91. The Bertz CT molecular complexity index is 191. The fourth-order valence-electron chi connectivity index (χ4n) is 1.94. The highest BCUT2D eigenvalue weighted by atomic mass is 35.5. The molecule has 1 aliphatic heterocycles. The SMILES string of the molecule is CN1CCC(CCNC(=O)CCCl)CC1. The number of rotatable bonds is 5. The van der Waals surface area contributed by atoms with Crippen LogP contribution in [0.5, 0.6) is 0 Å². The van der Waals surface area contributed by atoms with E-state index in [1.54, 1.807) is 0 Å². The molecule has 0 unspecified atom stereocenters. The van der Waals surface area contributed by atoms with Gasteiger partial charge in [-0.1, -0.05) is 0 Å². The molecule has 1 fully saturated rings. The second-order valence-electron chi connectivity index (χ2n) is 4.32. The Labute approximate surface area is 97.2 Å². The first-order chi connectivity index (χ1) is 7.22. The van der Waals surface area contributed by atoms with Crippen molar-refractivity contribution in [2.75, 3.05) is 32.6 Å². The Morgan fingerprint density at radius 1 is 1.47 bits per heavy atom. The van der Waals surface area contributed by atoms with Gasteiger partial charge in [0.25, 0.3) is 0 Å². The van der Waals surface area contributed by atoms with E-state index in [0.29, 0.717) is 12.3 Å². The van der Waals surface area contributed by atoms with Crippen molar-refractivity contribution in [2.24, 2.45) is 5.92 Å². The molecule has 1 amide bonds. The first-order valence-corrected chi connectivity index (χ1v) is 6.27. The molecule has 3 nitrogen and oxygen atoms in total. The van der Waals surface area contributed by atoms with Crippen molar-refractivity contribution in [2.45, 2.75) is 25.7 Å². The maximum Gasteiger partial charge on any atom is 0.221 e. The van der Waals surface area contributed by atoms with E-state index < -0.39 is 0 Å². The quantitative estimate of drug-likeness (QED) is 0.728. The predicted octanol–water partition coefficient (Wildman–Crippen LogP) is 1.46. The van der Waals surface area contributed by atoms with Gasteiger partial charge in [0.15, 0.2) is 0 Å². The molecular formula is C11H21ClN2O. The number of carbonyl (C=O) groups excluding carboxylic acids is 1. The molecule has 15 heavy (non-hydrogen) atoms. The molecule has 0 aromatic carbocycles. The Morgan fingerprint density at radius 2 is 2.13 bits per heavy atom. The summed E-state index contributed by atoms with van der Waals surface area (Å²) in [6, 6.07) is 0. The molecule has 0 aromatic rings. The topological polar surface area (TPSA) is 32.3 Å². The van der Waals surface area contributed by atoms with Crippen LogP contribution >= 0.6 is 11.6 Å². The average Bonchev–Trinajstić information content (AvgIpc) is 2.21. The average molecular weight is 233 g/mol. The van der Waals surface area contributed by atoms with Crippen molar-refractivity contribution in [3.63, 3.8) is 0 Å². The van der Waals surface area contributed by atoms with Gasteiger partial charge in [-0.25, -0.2) is 0 Å². The lowest BCUT2D eigenvalue weighted by molar-refractivity contribution is -0.120. The zero-order valence-corrected chi connectivity index (χ0v) is 10.2. The van der Waals surface area contributed by atoms with E-state index in [1.165, 1.54) is 25.9 Å². The third-order valence-electron chi connectivity index (χ3n) is 3.03. The Hall–Kier alpha value is -0.280. The lowest BCUT2D eigenvalue weighted by Crippen LogP contribution is -2.32. The Morgan fingerprint density at radius 3 is 2.73 bits per heavy atom. The minimum absolute atomic E-state index is 0.0814. The molecular weight excluding hydrogens is 212 g/mol. The van der Waals surface area contributed by atoms with E-state index >= 15 is 0 Å². The molecule has 1 aliphatic rings. The van der Waals surface area contributed by atoms with E-state index in [-0.39, 0.29) is 5.91 Å². The molecule has 1 saturated heterocycles. The molecule has 0 radical (unpaired) electrons. The third kappa shape index (κ3) is 5.38. The highest BCUT2D eigenvalue weighted by Crippen LogP contribution is 2.18. The van der Waals surface area contributed by atoms with E-state index in [0.717, 1.165) is 18.9 Å². The first kappa shape index (κ1) is 12.8. The minimum Gasteiger partial charge on any atom is -0.356 e. The summed E-state index contributed by atoms with van der Waals surface area (Å²) >= 11 is 5.47. The number of halogens is 1. The number of piperidine rings is 1. The second kappa shape index (κ2) is 7.07. The van der Waals surface area contributed by atoms with Crippen LogP contribution in [0.3, 0.4) is 0 Å². The molecule has 1 N–H and O–H groups in total. The van der Waals surface area contributed by atoms with Crippen molar-refractivity contribution in [1.82, 2.24) is 10.2 Å². The molecule has 88 valence electrons. The van der Waals surface area contributed by atoms with Gasteiger partial charge in [-0.3, -0.25) is 4.79 Å².